The minimum absolute atomic E-state index is 0.161. The van der Waals surface area contributed by atoms with Crippen LogP contribution in [0.1, 0.15) is 35.1 Å². The van der Waals surface area contributed by atoms with E-state index in [2.05, 4.69) is 30.6 Å². The van der Waals surface area contributed by atoms with Crippen molar-refractivity contribution >= 4 is 35.4 Å². The van der Waals surface area contributed by atoms with Crippen LogP contribution in [0.15, 0.2) is 109 Å². The van der Waals surface area contributed by atoms with Crippen LogP contribution in [0.2, 0.25) is 0 Å². The van der Waals surface area contributed by atoms with Crippen LogP contribution in [0, 0.1) is 11.6 Å². The lowest BCUT2D eigenvalue weighted by Crippen LogP contribution is -2.33. The normalized spacial score (nSPS) is 11.4. The van der Waals surface area contributed by atoms with Gasteiger partial charge in [0.25, 0.3) is 5.91 Å². The molecule has 2 atom stereocenters. The highest BCUT2D eigenvalue weighted by molar-refractivity contribution is 5.90. The number of methoxy groups -OCH3 is 2. The molecule has 4 aromatic carbocycles. The monoisotopic (exact) mass is 820 g/mol. The third-order valence-corrected chi connectivity index (χ3v) is 8.15. The summed E-state index contributed by atoms with van der Waals surface area (Å²) in [4.78, 5) is 63.0. The van der Waals surface area contributed by atoms with Crippen LogP contribution in [0.3, 0.4) is 0 Å². The molecule has 0 saturated heterocycles. The van der Waals surface area contributed by atoms with Gasteiger partial charge in [0.1, 0.15) is 58.4 Å². The van der Waals surface area contributed by atoms with E-state index in [4.69, 9.17) is 30.4 Å². The largest absolute Gasteiger partial charge is 0.467 e. The molecule has 0 unspecified atom stereocenters. The Bertz CT molecular complexity index is 2460. The second-order valence-electron chi connectivity index (χ2n) is 12.6. The summed E-state index contributed by atoms with van der Waals surface area (Å²) in [5.74, 6) is -1.09. The van der Waals surface area contributed by atoms with E-state index < -0.39 is 35.8 Å². The lowest BCUT2D eigenvalue weighted by Gasteiger charge is -2.14. The van der Waals surface area contributed by atoms with Crippen LogP contribution in [0.25, 0.3) is 22.5 Å². The van der Waals surface area contributed by atoms with Gasteiger partial charge >= 0.3 is 11.9 Å². The smallest absolute Gasteiger partial charge is 0.376 e. The third kappa shape index (κ3) is 12.0. The van der Waals surface area contributed by atoms with E-state index in [0.29, 0.717) is 45.5 Å². The highest BCUT2D eigenvalue weighted by Gasteiger charge is 2.19. The van der Waals surface area contributed by atoms with E-state index in [0.717, 1.165) is 0 Å². The van der Waals surface area contributed by atoms with Crippen molar-refractivity contribution in [2.45, 2.75) is 25.9 Å². The van der Waals surface area contributed by atoms with Crippen molar-refractivity contribution in [2.24, 2.45) is 11.5 Å². The van der Waals surface area contributed by atoms with Crippen molar-refractivity contribution in [3.05, 3.63) is 132 Å². The van der Waals surface area contributed by atoms with Crippen molar-refractivity contribution < 1.29 is 46.9 Å². The molecular weight excluding hydrogens is 783 g/mol. The van der Waals surface area contributed by atoms with E-state index in [-0.39, 0.29) is 34.9 Å². The standard InChI is InChI=1S/C22H20FN3O5.C20H18FN5O3/c1-13(21(27)29-2)24-19-12-18(25-20(26-19)22(28)30-3)14-4-8-16(9-5-14)31-17-10-6-15(23)7-11-17;1-11(18(22)27)24-17-10-16(25-20(26-17)19(23)28)12-2-6-14(7-3-12)29-15-8-4-13(21)5-9-15/h4-13H,1-3H3,(H,24,25,26);2-11H,1H3,(H2,22,27)(H2,23,28)(H,24,25,26)/t13-;11-/m00/s1. The summed E-state index contributed by atoms with van der Waals surface area (Å²) in [6.07, 6.45) is 0. The van der Waals surface area contributed by atoms with Gasteiger partial charge in [0.2, 0.25) is 17.6 Å². The van der Waals surface area contributed by atoms with E-state index in [1.807, 2.05) is 0 Å². The van der Waals surface area contributed by atoms with Crippen molar-refractivity contribution in [1.29, 1.82) is 0 Å². The van der Waals surface area contributed by atoms with E-state index in [1.165, 1.54) is 62.8 Å². The molecule has 0 spiro atoms. The zero-order valence-electron chi connectivity index (χ0n) is 32.5. The maximum absolute atomic E-state index is 13.0. The summed E-state index contributed by atoms with van der Waals surface area (Å²) >= 11 is 0. The number of primary amides is 2. The zero-order valence-corrected chi connectivity index (χ0v) is 32.5. The topological polar surface area (TPSA) is 233 Å². The molecule has 2 amide bonds. The SMILES string of the molecule is COC(=O)c1nc(N[C@@H](C)C(=O)OC)cc(-c2ccc(Oc3ccc(F)cc3)cc2)n1.C[C@H](Nc1cc(-c2ccc(Oc3ccc(F)cc3)cc2)nc(C(N)=O)n1)C(N)=O. The van der Waals surface area contributed by atoms with Gasteiger partial charge in [-0.3, -0.25) is 9.59 Å². The summed E-state index contributed by atoms with van der Waals surface area (Å²) in [5, 5.41) is 5.69. The Hall–Kier alpha value is -8.02. The first-order valence-corrected chi connectivity index (χ1v) is 17.9. The molecule has 0 fully saturated rings. The molecule has 6 aromatic rings. The first-order valence-electron chi connectivity index (χ1n) is 17.9. The average molecular weight is 821 g/mol. The van der Waals surface area contributed by atoms with Crippen LogP contribution in [0.5, 0.6) is 23.0 Å². The molecule has 6 rings (SSSR count). The second kappa shape index (κ2) is 19.9. The number of hydrogen-bond donors (Lipinski definition) is 4. The number of ether oxygens (including phenoxy) is 4. The summed E-state index contributed by atoms with van der Waals surface area (Å²) in [6.45, 7) is 3.17. The van der Waals surface area contributed by atoms with Gasteiger partial charge in [-0.2, -0.15) is 0 Å². The number of esters is 2. The van der Waals surface area contributed by atoms with Crippen molar-refractivity contribution in [3.8, 4) is 45.5 Å². The number of halogens is 2. The number of amides is 2. The Morgan fingerprint density at radius 1 is 0.550 bits per heavy atom. The van der Waals surface area contributed by atoms with E-state index >= 15 is 0 Å². The molecule has 6 N–H and O–H groups in total. The maximum Gasteiger partial charge on any atom is 0.376 e. The van der Waals surface area contributed by atoms with Gasteiger partial charge in [0.15, 0.2) is 0 Å². The molecule has 308 valence electrons. The number of aromatic nitrogens is 4. The number of hydrogen-bond acceptors (Lipinski definition) is 14. The maximum atomic E-state index is 13.0. The number of anilines is 2. The van der Waals surface area contributed by atoms with Gasteiger partial charge in [0, 0.05) is 23.3 Å². The fourth-order valence-electron chi connectivity index (χ4n) is 5.05. The quantitative estimate of drug-likeness (QED) is 0.0885. The number of nitrogens with zero attached hydrogens (tertiary/aromatic N) is 4. The molecule has 60 heavy (non-hydrogen) atoms. The van der Waals surface area contributed by atoms with Crippen LogP contribution in [-0.4, -0.2) is 70.0 Å². The van der Waals surface area contributed by atoms with Gasteiger partial charge in [-0.25, -0.2) is 38.3 Å². The van der Waals surface area contributed by atoms with Crippen molar-refractivity contribution in [3.63, 3.8) is 0 Å². The molecule has 16 nitrogen and oxygen atoms in total. The Morgan fingerprint density at radius 2 is 0.933 bits per heavy atom. The van der Waals surface area contributed by atoms with Gasteiger partial charge in [-0.05, 0) is 111 Å². The molecule has 0 aliphatic heterocycles. The van der Waals surface area contributed by atoms with Gasteiger partial charge in [-0.15, -0.1) is 0 Å². The molecule has 18 heteroatoms. The lowest BCUT2D eigenvalue weighted by molar-refractivity contribution is -0.141. The number of nitrogens with one attached hydrogen (secondary N) is 2. The van der Waals surface area contributed by atoms with E-state index in [9.17, 15) is 28.0 Å². The van der Waals surface area contributed by atoms with Crippen LogP contribution >= 0.6 is 0 Å². The fourth-order valence-corrected chi connectivity index (χ4v) is 5.05. The molecule has 2 heterocycles. The highest BCUT2D eigenvalue weighted by Crippen LogP contribution is 2.28. The Morgan fingerprint density at radius 3 is 1.32 bits per heavy atom. The predicted octanol–water partition coefficient (Wildman–Crippen LogP) is 6.29. The summed E-state index contributed by atoms with van der Waals surface area (Å²) in [7, 11) is 2.51. The van der Waals surface area contributed by atoms with Crippen LogP contribution in [-0.2, 0) is 19.1 Å². The van der Waals surface area contributed by atoms with Gasteiger partial charge in [0.05, 0.1) is 25.6 Å². The molecule has 0 saturated carbocycles. The van der Waals surface area contributed by atoms with Crippen LogP contribution < -0.4 is 31.6 Å². The number of carbonyl (C=O) groups is 4. The molecule has 0 bridgehead atoms. The molecular formula is C42H38F2N8O8. The Labute approximate surface area is 341 Å². The second-order valence-corrected chi connectivity index (χ2v) is 12.6. The zero-order chi connectivity index (χ0) is 43.3. The average Bonchev–Trinajstić information content (AvgIpc) is 3.25. The van der Waals surface area contributed by atoms with E-state index in [1.54, 1.807) is 74.5 Å². The lowest BCUT2D eigenvalue weighted by atomic mass is 10.1. The predicted molar refractivity (Wildman–Crippen MR) is 215 cm³/mol. The minimum atomic E-state index is -0.808. The molecule has 0 radical (unpaired) electrons. The highest BCUT2D eigenvalue weighted by atomic mass is 19.1. The summed E-state index contributed by atoms with van der Waals surface area (Å²) in [5.41, 5.74) is 12.7. The molecule has 0 aliphatic carbocycles. The Balaban J connectivity index is 0.000000228. The van der Waals surface area contributed by atoms with Crippen molar-refractivity contribution in [2.75, 3.05) is 24.9 Å². The van der Waals surface area contributed by atoms with Crippen molar-refractivity contribution in [1.82, 2.24) is 19.9 Å². The number of nitrogens with two attached hydrogens (primary N) is 2. The van der Waals surface area contributed by atoms with Gasteiger partial charge in [-0.1, -0.05) is 0 Å². The molecule has 2 aromatic heterocycles. The Kier molecular flexibility index (Phi) is 14.3. The van der Waals surface area contributed by atoms with Crippen LogP contribution in [0.4, 0.5) is 20.4 Å². The number of benzene rings is 4. The first kappa shape index (κ1) is 43.1. The number of carbonyl (C=O) groups excluding carboxylic acids is 4. The van der Waals surface area contributed by atoms with Gasteiger partial charge < -0.3 is 41.0 Å². The summed E-state index contributed by atoms with van der Waals surface area (Å²) in [6, 6.07) is 26.9. The summed E-state index contributed by atoms with van der Waals surface area (Å²) < 4.78 is 46.8. The first-order chi connectivity index (χ1) is 28.7. The third-order valence-electron chi connectivity index (χ3n) is 8.15. The fraction of sp³-hybridized carbons (Fsp3) is 0.143. The number of rotatable bonds is 14. The minimum Gasteiger partial charge on any atom is -0.467 e. The molecule has 0 aliphatic rings.